The van der Waals surface area contributed by atoms with Crippen molar-refractivity contribution in [3.8, 4) is 0 Å². The lowest BCUT2D eigenvalue weighted by Crippen LogP contribution is -2.18. The Hall–Kier alpha value is -0.510. The van der Waals surface area contributed by atoms with Crippen LogP contribution >= 0.6 is 11.8 Å². The number of β-amino-alcohol motifs (C(OH)–C–C–N with tert-alkyl or cyclic N) is 1. The Balaban J connectivity index is 1.57. The largest absolute Gasteiger partial charge is 0.391 e. The fraction of sp³-hybridized carbons (Fsp3) is 0.600. The summed E-state index contributed by atoms with van der Waals surface area (Å²) in [4.78, 5) is 2.23. The lowest BCUT2D eigenvalue weighted by atomic mass is 10.0. The van der Waals surface area contributed by atoms with E-state index in [-0.39, 0.29) is 6.10 Å². The maximum atomic E-state index is 9.85. The number of likely N-dealkylation sites (tertiary alicyclic amines) is 1. The molecule has 18 heavy (non-hydrogen) atoms. The minimum atomic E-state index is -0.103. The number of likely N-dealkylation sites (N-methyl/N-ethyl adjacent to an activating group) is 1. The Bertz CT molecular complexity index is 344. The molecule has 2 nitrogen and oxygen atoms in total. The van der Waals surface area contributed by atoms with Crippen molar-refractivity contribution in [2.45, 2.75) is 24.7 Å². The third-order valence-electron chi connectivity index (χ3n) is 3.56. The van der Waals surface area contributed by atoms with Crippen LogP contribution in [-0.2, 0) is 5.75 Å². The number of aliphatic hydroxyl groups excluding tert-OH is 1. The number of nitrogens with zero attached hydrogens (tertiary/aromatic N) is 1. The van der Waals surface area contributed by atoms with Gasteiger partial charge in [0, 0.05) is 18.8 Å². The highest BCUT2D eigenvalue weighted by Gasteiger charge is 2.28. The zero-order valence-corrected chi connectivity index (χ0v) is 11.9. The van der Waals surface area contributed by atoms with Crippen molar-refractivity contribution >= 4 is 11.8 Å². The molecule has 1 aromatic carbocycles. The maximum Gasteiger partial charge on any atom is 0.0707 e. The van der Waals surface area contributed by atoms with Gasteiger partial charge in [-0.1, -0.05) is 30.3 Å². The summed E-state index contributed by atoms with van der Waals surface area (Å²) in [5, 5.41) is 9.85. The van der Waals surface area contributed by atoms with Crippen LogP contribution in [0.4, 0.5) is 0 Å². The molecule has 0 aromatic heterocycles. The van der Waals surface area contributed by atoms with Crippen molar-refractivity contribution in [2.75, 3.05) is 25.9 Å². The predicted molar refractivity (Wildman–Crippen MR) is 78.8 cm³/mol. The summed E-state index contributed by atoms with van der Waals surface area (Å²) in [6.07, 6.45) is 2.27. The molecule has 2 atom stereocenters. The van der Waals surface area contributed by atoms with Gasteiger partial charge in [-0.15, -0.1) is 0 Å². The van der Waals surface area contributed by atoms with Crippen molar-refractivity contribution in [1.29, 1.82) is 0 Å². The molecule has 0 spiro atoms. The Labute approximate surface area is 114 Å². The first-order valence-corrected chi connectivity index (χ1v) is 7.89. The zero-order valence-electron chi connectivity index (χ0n) is 11.1. The van der Waals surface area contributed by atoms with Crippen molar-refractivity contribution in [3.05, 3.63) is 35.9 Å². The zero-order chi connectivity index (χ0) is 12.8. The molecular weight excluding hydrogens is 242 g/mol. The van der Waals surface area contributed by atoms with Crippen LogP contribution in [0, 0.1) is 5.92 Å². The average molecular weight is 265 g/mol. The molecule has 1 aliphatic rings. The molecule has 0 amide bonds. The van der Waals surface area contributed by atoms with Gasteiger partial charge in [-0.2, -0.15) is 11.8 Å². The molecule has 1 saturated heterocycles. The fourth-order valence-electron chi connectivity index (χ4n) is 2.56. The highest BCUT2D eigenvalue weighted by Crippen LogP contribution is 2.22. The summed E-state index contributed by atoms with van der Waals surface area (Å²) in [6, 6.07) is 10.6. The van der Waals surface area contributed by atoms with Crippen LogP contribution in [0.2, 0.25) is 0 Å². The Kier molecular flexibility index (Phi) is 5.54. The predicted octanol–water partition coefficient (Wildman–Crippen LogP) is 2.62. The van der Waals surface area contributed by atoms with Gasteiger partial charge in [-0.3, -0.25) is 0 Å². The molecule has 2 unspecified atom stereocenters. The molecule has 1 aromatic rings. The van der Waals surface area contributed by atoms with Crippen LogP contribution in [-0.4, -0.2) is 42.0 Å². The maximum absolute atomic E-state index is 9.85. The van der Waals surface area contributed by atoms with Crippen molar-refractivity contribution in [3.63, 3.8) is 0 Å². The quantitative estimate of drug-likeness (QED) is 0.800. The summed E-state index contributed by atoms with van der Waals surface area (Å²) < 4.78 is 0. The summed E-state index contributed by atoms with van der Waals surface area (Å²) in [7, 11) is 2.09. The van der Waals surface area contributed by atoms with E-state index in [1.165, 1.54) is 17.7 Å². The van der Waals surface area contributed by atoms with Crippen molar-refractivity contribution < 1.29 is 5.11 Å². The number of hydrogen-bond donors (Lipinski definition) is 1. The average Bonchev–Trinajstić information content (AvgIpc) is 2.69. The van der Waals surface area contributed by atoms with Gasteiger partial charge in [0.1, 0.15) is 0 Å². The van der Waals surface area contributed by atoms with Crippen LogP contribution in [0.3, 0.4) is 0 Å². The smallest absolute Gasteiger partial charge is 0.0707 e. The third kappa shape index (κ3) is 4.30. The molecule has 0 radical (unpaired) electrons. The van der Waals surface area contributed by atoms with Crippen LogP contribution in [0.1, 0.15) is 18.4 Å². The molecule has 1 N–H and O–H groups in total. The molecule has 0 aliphatic carbocycles. The van der Waals surface area contributed by atoms with E-state index in [1.54, 1.807) is 0 Å². The monoisotopic (exact) mass is 265 g/mol. The van der Waals surface area contributed by atoms with Crippen molar-refractivity contribution in [2.24, 2.45) is 5.92 Å². The Morgan fingerprint density at radius 3 is 2.72 bits per heavy atom. The number of hydrogen-bond acceptors (Lipinski definition) is 3. The van der Waals surface area contributed by atoms with Crippen LogP contribution < -0.4 is 0 Å². The highest BCUT2D eigenvalue weighted by atomic mass is 32.2. The molecular formula is C15H23NOS. The number of rotatable bonds is 6. The first-order valence-electron chi connectivity index (χ1n) is 6.74. The highest BCUT2D eigenvalue weighted by molar-refractivity contribution is 7.98. The minimum absolute atomic E-state index is 0.103. The van der Waals surface area contributed by atoms with E-state index in [4.69, 9.17) is 0 Å². The van der Waals surface area contributed by atoms with Gasteiger partial charge in [0.15, 0.2) is 0 Å². The van der Waals surface area contributed by atoms with E-state index < -0.39 is 0 Å². The van der Waals surface area contributed by atoms with Gasteiger partial charge in [-0.05, 0) is 37.1 Å². The number of aliphatic hydroxyl groups is 1. The normalized spacial score (nSPS) is 24.6. The van der Waals surface area contributed by atoms with Crippen molar-refractivity contribution in [1.82, 2.24) is 4.90 Å². The molecule has 2 rings (SSSR count). The van der Waals surface area contributed by atoms with E-state index in [2.05, 4.69) is 42.3 Å². The molecule has 100 valence electrons. The number of thioether (sulfide) groups is 1. The molecule has 1 heterocycles. The Morgan fingerprint density at radius 1 is 1.28 bits per heavy atom. The van der Waals surface area contributed by atoms with E-state index in [9.17, 15) is 5.11 Å². The van der Waals surface area contributed by atoms with Gasteiger partial charge in [0.2, 0.25) is 0 Å². The van der Waals surface area contributed by atoms with Gasteiger partial charge in [0.05, 0.1) is 6.10 Å². The lowest BCUT2D eigenvalue weighted by molar-refractivity contribution is 0.139. The molecule has 3 heteroatoms. The summed E-state index contributed by atoms with van der Waals surface area (Å²) in [6.45, 7) is 1.91. The fourth-order valence-corrected chi connectivity index (χ4v) is 3.50. The first kappa shape index (κ1) is 13.9. The molecule has 0 bridgehead atoms. The molecule has 1 fully saturated rings. The SMILES string of the molecule is CN1CC(O)C(CCCSCc2ccccc2)C1. The lowest BCUT2D eigenvalue weighted by Gasteiger charge is -2.12. The second kappa shape index (κ2) is 7.17. The Morgan fingerprint density at radius 2 is 2.06 bits per heavy atom. The van der Waals surface area contributed by atoms with E-state index in [0.29, 0.717) is 5.92 Å². The summed E-state index contributed by atoms with van der Waals surface area (Å²) in [5.74, 6) is 2.79. The second-order valence-electron chi connectivity index (χ2n) is 5.23. The summed E-state index contributed by atoms with van der Waals surface area (Å²) in [5.41, 5.74) is 1.41. The van der Waals surface area contributed by atoms with Gasteiger partial charge < -0.3 is 10.0 Å². The molecule has 1 aliphatic heterocycles. The topological polar surface area (TPSA) is 23.5 Å². The van der Waals surface area contributed by atoms with Gasteiger partial charge in [0.25, 0.3) is 0 Å². The van der Waals surface area contributed by atoms with Gasteiger partial charge in [-0.25, -0.2) is 0 Å². The number of benzene rings is 1. The van der Waals surface area contributed by atoms with Gasteiger partial charge >= 0.3 is 0 Å². The second-order valence-corrected chi connectivity index (χ2v) is 6.33. The van der Waals surface area contributed by atoms with Crippen LogP contribution in [0.5, 0.6) is 0 Å². The summed E-state index contributed by atoms with van der Waals surface area (Å²) >= 11 is 2.00. The van der Waals surface area contributed by atoms with E-state index in [1.807, 2.05) is 11.8 Å². The van der Waals surface area contributed by atoms with Crippen LogP contribution in [0.15, 0.2) is 30.3 Å². The van der Waals surface area contributed by atoms with E-state index in [0.717, 1.165) is 25.3 Å². The standard InChI is InChI=1S/C15H23NOS/c1-16-10-14(15(17)11-16)8-5-9-18-12-13-6-3-2-4-7-13/h2-4,6-7,14-15,17H,5,8-12H2,1H3. The first-order chi connectivity index (χ1) is 8.75. The van der Waals surface area contributed by atoms with E-state index >= 15 is 0 Å². The van der Waals surface area contributed by atoms with Crippen LogP contribution in [0.25, 0.3) is 0 Å². The molecule has 0 saturated carbocycles. The third-order valence-corrected chi connectivity index (χ3v) is 4.68. The minimum Gasteiger partial charge on any atom is -0.391 e.